The first kappa shape index (κ1) is 38.3. The topological polar surface area (TPSA) is 0 Å². The monoisotopic (exact) mass is 770 g/mol. The van der Waals surface area contributed by atoms with Crippen molar-refractivity contribution in [2.24, 2.45) is 47.3 Å². The van der Waals surface area contributed by atoms with E-state index in [1.54, 1.807) is 39.0 Å². The predicted octanol–water partition coefficient (Wildman–Crippen LogP) is 15.4. The Morgan fingerprint density at radius 3 is 2.10 bits per heavy atom. The molecule has 0 saturated heterocycles. The summed E-state index contributed by atoms with van der Waals surface area (Å²) in [6.45, 7) is 0. The van der Waals surface area contributed by atoms with Crippen molar-refractivity contribution in [3.63, 3.8) is 0 Å². The van der Waals surface area contributed by atoms with Crippen LogP contribution >= 0.6 is 0 Å². The maximum atomic E-state index is 2.61. The van der Waals surface area contributed by atoms with Crippen molar-refractivity contribution in [2.45, 2.75) is 83.5 Å². The third-order valence-corrected chi connectivity index (χ3v) is 15.1. The van der Waals surface area contributed by atoms with Crippen LogP contribution in [0.5, 0.6) is 0 Å². The zero-order valence-corrected chi connectivity index (χ0v) is 35.0. The molecule has 0 saturated carbocycles. The number of hydrogen-bond donors (Lipinski definition) is 0. The largest absolute Gasteiger partial charge is 0.0842 e. The summed E-state index contributed by atoms with van der Waals surface area (Å²) < 4.78 is 0. The van der Waals surface area contributed by atoms with Gasteiger partial charge in [-0.05, 0) is 152 Å². The Labute approximate surface area is 355 Å². The van der Waals surface area contributed by atoms with E-state index in [1.165, 1.54) is 48.8 Å². The summed E-state index contributed by atoms with van der Waals surface area (Å²) in [5, 5.41) is 0. The number of allylic oxidation sites excluding steroid dienone is 38. The van der Waals surface area contributed by atoms with Crippen LogP contribution in [0.3, 0.4) is 0 Å². The van der Waals surface area contributed by atoms with Crippen molar-refractivity contribution in [2.75, 3.05) is 0 Å². The summed E-state index contributed by atoms with van der Waals surface area (Å²) in [7, 11) is 0. The van der Waals surface area contributed by atoms with E-state index in [9.17, 15) is 0 Å². The highest BCUT2D eigenvalue weighted by atomic mass is 14.4. The Kier molecular flexibility index (Phi) is 11.5. The highest BCUT2D eigenvalue weighted by Crippen LogP contribution is 2.48. The molecule has 59 heavy (non-hydrogen) atoms. The zero-order valence-electron chi connectivity index (χ0n) is 35.0. The van der Waals surface area contributed by atoms with Gasteiger partial charge in [-0.2, -0.15) is 0 Å². The van der Waals surface area contributed by atoms with E-state index in [2.05, 4.69) is 170 Å². The van der Waals surface area contributed by atoms with Gasteiger partial charge in [0, 0.05) is 23.7 Å². The second-order valence-electron chi connectivity index (χ2n) is 18.6. The molecule has 0 aromatic rings. The summed E-state index contributed by atoms with van der Waals surface area (Å²) in [5.74, 6) is 4.14. The van der Waals surface area contributed by atoms with Crippen molar-refractivity contribution in [1.29, 1.82) is 0 Å². The molecule has 0 N–H and O–H groups in total. The molecule has 0 aliphatic heterocycles. The van der Waals surface area contributed by atoms with Gasteiger partial charge in [-0.3, -0.25) is 0 Å². The van der Waals surface area contributed by atoms with Gasteiger partial charge in [0.05, 0.1) is 0 Å². The van der Waals surface area contributed by atoms with Crippen LogP contribution in [-0.4, -0.2) is 0 Å². The lowest BCUT2D eigenvalue weighted by Gasteiger charge is -2.39. The Bertz CT molecular complexity index is 2280. The van der Waals surface area contributed by atoms with Gasteiger partial charge in [-0.1, -0.05) is 181 Å². The number of hydrogen-bond acceptors (Lipinski definition) is 0. The van der Waals surface area contributed by atoms with Crippen LogP contribution in [-0.2, 0) is 0 Å². The van der Waals surface area contributed by atoms with Crippen LogP contribution in [0.25, 0.3) is 0 Å². The standard InChI is InChI=1S/C59H62/c1-3-13-43(14-4-1)46-29-35-51(36-30-46)58(56-23-11-19-49-17-7-9-21-54(49)56)41-42-25-27-45(28-26-42)48-33-39-53(40-34-48)59(57-24-12-20-50-18-8-10-22-55(50)57)52-37-31-47(32-38-52)44-15-5-2-6-16-44/h1,3-5,7-9,11-13,15-16,18-21,23-25,27,29-31,33,35,37-39,43,47,49,51,55,57-59H,2,6,10,14,17,22,26,28,32,34,36,40-41H2. The Hall–Kier alpha value is -4.94. The fourth-order valence-corrected chi connectivity index (χ4v) is 11.9. The first-order chi connectivity index (χ1) is 29.2. The molecular weight excluding hydrogens is 709 g/mol. The fourth-order valence-electron chi connectivity index (χ4n) is 11.9. The molecule has 10 rings (SSSR count). The average molecular weight is 771 g/mol. The van der Waals surface area contributed by atoms with Crippen LogP contribution in [0.15, 0.2) is 226 Å². The molecule has 0 heteroatoms. The SMILES string of the molecule is C1=CCC(C2=CCC(C(CC3=CC=C(C4=CC=C(C(C5=CCC(C6=CCCC=C6)C=C5)C5C=CC=C6C=CCCC65)CC4)CC3)C3=CC=CC4CC=CC=C34)C=C2)C=C1. The van der Waals surface area contributed by atoms with Gasteiger partial charge in [0.25, 0.3) is 0 Å². The van der Waals surface area contributed by atoms with Crippen LogP contribution in [0, 0.1) is 47.3 Å². The molecule has 0 aromatic heterocycles. The summed E-state index contributed by atoms with van der Waals surface area (Å²) in [6, 6.07) is 0. The molecule has 0 nitrogen and oxygen atoms in total. The van der Waals surface area contributed by atoms with Crippen molar-refractivity contribution < 1.29 is 0 Å². The van der Waals surface area contributed by atoms with Gasteiger partial charge in [0.15, 0.2) is 0 Å². The van der Waals surface area contributed by atoms with Gasteiger partial charge in [-0.25, -0.2) is 0 Å². The molecule has 8 atom stereocenters. The molecule has 10 aliphatic carbocycles. The van der Waals surface area contributed by atoms with E-state index in [1.807, 2.05) is 0 Å². The lowest BCUT2D eigenvalue weighted by molar-refractivity contribution is 0.353. The number of fused-ring (bicyclic) bond motifs is 2. The molecule has 0 fully saturated rings. The summed E-state index contributed by atoms with van der Waals surface area (Å²) in [5.41, 5.74) is 15.6. The Morgan fingerprint density at radius 2 is 1.32 bits per heavy atom. The van der Waals surface area contributed by atoms with Crippen LogP contribution in [0.1, 0.15) is 83.5 Å². The minimum absolute atomic E-state index is 0.440. The summed E-state index contributed by atoms with van der Waals surface area (Å²) >= 11 is 0. The Morgan fingerprint density at radius 1 is 0.508 bits per heavy atom. The zero-order chi connectivity index (χ0) is 39.4. The van der Waals surface area contributed by atoms with Crippen molar-refractivity contribution >= 4 is 0 Å². The highest BCUT2D eigenvalue weighted by molar-refractivity contribution is 5.51. The van der Waals surface area contributed by atoms with Crippen molar-refractivity contribution in [3.8, 4) is 0 Å². The molecule has 0 heterocycles. The van der Waals surface area contributed by atoms with E-state index in [0.717, 1.165) is 51.4 Å². The van der Waals surface area contributed by atoms with E-state index in [-0.39, 0.29) is 0 Å². The molecule has 0 spiro atoms. The first-order valence-corrected chi connectivity index (χ1v) is 23.3. The van der Waals surface area contributed by atoms with Crippen molar-refractivity contribution in [3.05, 3.63) is 226 Å². The molecule has 0 bridgehead atoms. The molecule has 0 amide bonds. The van der Waals surface area contributed by atoms with Gasteiger partial charge in [-0.15, -0.1) is 0 Å². The molecule has 0 radical (unpaired) electrons. The van der Waals surface area contributed by atoms with Crippen LogP contribution in [0.4, 0.5) is 0 Å². The average Bonchev–Trinajstić information content (AvgIpc) is 3.32. The van der Waals surface area contributed by atoms with Gasteiger partial charge < -0.3 is 0 Å². The maximum absolute atomic E-state index is 2.61. The van der Waals surface area contributed by atoms with Crippen LogP contribution in [0.2, 0.25) is 0 Å². The van der Waals surface area contributed by atoms with Crippen molar-refractivity contribution in [1.82, 2.24) is 0 Å². The second-order valence-corrected chi connectivity index (χ2v) is 18.6. The predicted molar refractivity (Wildman–Crippen MR) is 251 cm³/mol. The minimum atomic E-state index is 0.440. The van der Waals surface area contributed by atoms with E-state index < -0.39 is 0 Å². The lowest BCUT2D eigenvalue weighted by Crippen LogP contribution is -2.29. The lowest BCUT2D eigenvalue weighted by atomic mass is 9.65. The van der Waals surface area contributed by atoms with E-state index in [0.29, 0.717) is 47.3 Å². The van der Waals surface area contributed by atoms with Gasteiger partial charge >= 0.3 is 0 Å². The molecule has 8 unspecified atom stereocenters. The van der Waals surface area contributed by atoms with E-state index in [4.69, 9.17) is 0 Å². The second kappa shape index (κ2) is 17.7. The Balaban J connectivity index is 0.884. The number of rotatable bonds is 10. The van der Waals surface area contributed by atoms with E-state index >= 15 is 0 Å². The summed E-state index contributed by atoms with van der Waals surface area (Å²) in [4.78, 5) is 0. The quantitative estimate of drug-likeness (QED) is 0.208. The maximum Gasteiger partial charge on any atom is 0.0117 e. The van der Waals surface area contributed by atoms with Gasteiger partial charge in [0.1, 0.15) is 0 Å². The molecular formula is C59H62. The first-order valence-electron chi connectivity index (χ1n) is 23.3. The fraction of sp³-hybridized carbons (Fsp3) is 0.356. The molecule has 10 aliphatic rings. The third-order valence-electron chi connectivity index (χ3n) is 15.1. The van der Waals surface area contributed by atoms with Gasteiger partial charge in [0.2, 0.25) is 0 Å². The normalized spacial score (nSPS) is 31.6. The smallest absolute Gasteiger partial charge is 0.0117 e. The minimum Gasteiger partial charge on any atom is -0.0842 e. The third kappa shape index (κ3) is 8.31. The highest BCUT2D eigenvalue weighted by Gasteiger charge is 2.37. The van der Waals surface area contributed by atoms with Crippen LogP contribution < -0.4 is 0 Å². The summed E-state index contributed by atoms with van der Waals surface area (Å²) in [6.07, 6.45) is 83.1. The molecule has 0 aromatic carbocycles. The molecule has 298 valence electrons.